The van der Waals surface area contributed by atoms with Gasteiger partial charge in [-0.05, 0) is 37.9 Å². The van der Waals surface area contributed by atoms with Gasteiger partial charge in [-0.3, -0.25) is 0 Å². The van der Waals surface area contributed by atoms with Crippen LogP contribution in [0.2, 0.25) is 0 Å². The number of nitrogens with two attached hydrogens (primary N) is 1. The van der Waals surface area contributed by atoms with Gasteiger partial charge in [-0.2, -0.15) is 0 Å². The zero-order chi connectivity index (χ0) is 13.7. The van der Waals surface area contributed by atoms with Crippen LogP contribution in [0.25, 0.3) is 0 Å². The third-order valence-corrected chi connectivity index (χ3v) is 4.52. The lowest BCUT2D eigenvalue weighted by atomic mass is 10.0. The first-order valence-electron chi connectivity index (χ1n) is 7.70. The summed E-state index contributed by atoms with van der Waals surface area (Å²) in [4.78, 5) is 2.49. The van der Waals surface area contributed by atoms with Crippen LogP contribution < -0.4 is 5.73 Å². The lowest BCUT2D eigenvalue weighted by Gasteiger charge is -2.30. The molecule has 1 unspecified atom stereocenters. The van der Waals surface area contributed by atoms with Gasteiger partial charge in [-0.15, -0.1) is 0 Å². The largest absolute Gasteiger partial charge is 0.323 e. The van der Waals surface area contributed by atoms with Gasteiger partial charge >= 0.3 is 0 Å². The summed E-state index contributed by atoms with van der Waals surface area (Å²) < 4.78 is 0. The van der Waals surface area contributed by atoms with Crippen molar-refractivity contribution in [2.24, 2.45) is 5.73 Å². The number of benzene rings is 1. The first-order valence-corrected chi connectivity index (χ1v) is 7.70. The van der Waals surface area contributed by atoms with Crippen LogP contribution in [-0.2, 0) is 0 Å². The summed E-state index contributed by atoms with van der Waals surface area (Å²) >= 11 is 0. The standard InChI is InChI=1S/C17H28N2/c1-14-9-7-8-12-16(14)17(18)13-19(2)15-10-5-3-4-6-11-15/h7-9,12,15,17H,3-6,10-11,13,18H2,1-2H3. The van der Waals surface area contributed by atoms with E-state index in [-0.39, 0.29) is 6.04 Å². The van der Waals surface area contributed by atoms with Crippen LogP contribution in [0.3, 0.4) is 0 Å². The average molecular weight is 260 g/mol. The Labute approximate surface area is 118 Å². The van der Waals surface area contributed by atoms with Crippen LogP contribution in [0, 0.1) is 6.92 Å². The number of hydrogen-bond donors (Lipinski definition) is 1. The Morgan fingerprint density at radius 2 is 1.79 bits per heavy atom. The smallest absolute Gasteiger partial charge is 0.0426 e. The Bertz CT molecular complexity index is 381. The molecule has 2 N–H and O–H groups in total. The van der Waals surface area contributed by atoms with Crippen LogP contribution in [0.1, 0.15) is 55.7 Å². The van der Waals surface area contributed by atoms with Gasteiger partial charge in [-0.1, -0.05) is 49.9 Å². The second-order valence-corrected chi connectivity index (χ2v) is 6.05. The van der Waals surface area contributed by atoms with E-state index in [0.29, 0.717) is 0 Å². The molecule has 0 amide bonds. The highest BCUT2D eigenvalue weighted by molar-refractivity contribution is 5.28. The van der Waals surface area contributed by atoms with E-state index in [0.717, 1.165) is 12.6 Å². The van der Waals surface area contributed by atoms with Crippen molar-refractivity contribution >= 4 is 0 Å². The third kappa shape index (κ3) is 4.05. The second-order valence-electron chi connectivity index (χ2n) is 6.05. The van der Waals surface area contributed by atoms with Gasteiger partial charge in [0, 0.05) is 18.6 Å². The third-order valence-electron chi connectivity index (χ3n) is 4.52. The van der Waals surface area contributed by atoms with Crippen LogP contribution in [0.4, 0.5) is 0 Å². The number of nitrogens with zero attached hydrogens (tertiary/aromatic N) is 1. The molecule has 2 nitrogen and oxygen atoms in total. The molecular weight excluding hydrogens is 232 g/mol. The molecule has 2 rings (SSSR count). The molecule has 0 radical (unpaired) electrons. The molecule has 106 valence electrons. The minimum absolute atomic E-state index is 0.134. The summed E-state index contributed by atoms with van der Waals surface area (Å²) in [6.07, 6.45) is 8.28. The molecule has 19 heavy (non-hydrogen) atoms. The molecule has 1 aromatic carbocycles. The van der Waals surface area contributed by atoms with E-state index in [4.69, 9.17) is 5.73 Å². The summed E-state index contributed by atoms with van der Waals surface area (Å²) in [5.74, 6) is 0. The Hall–Kier alpha value is -0.860. The van der Waals surface area contributed by atoms with Gasteiger partial charge in [0.15, 0.2) is 0 Å². The van der Waals surface area contributed by atoms with Crippen LogP contribution >= 0.6 is 0 Å². The lowest BCUT2D eigenvalue weighted by Crippen LogP contribution is -2.37. The van der Waals surface area contributed by atoms with E-state index in [9.17, 15) is 0 Å². The minimum atomic E-state index is 0.134. The maximum atomic E-state index is 6.40. The van der Waals surface area contributed by atoms with Crippen LogP contribution in [0.15, 0.2) is 24.3 Å². The predicted octanol–water partition coefficient (Wildman–Crippen LogP) is 3.65. The fourth-order valence-corrected chi connectivity index (χ4v) is 3.26. The zero-order valence-corrected chi connectivity index (χ0v) is 12.4. The number of aryl methyl sites for hydroxylation is 1. The second kappa shape index (κ2) is 7.06. The van der Waals surface area contributed by atoms with Crippen molar-refractivity contribution in [1.29, 1.82) is 0 Å². The molecular formula is C17H28N2. The van der Waals surface area contributed by atoms with E-state index in [2.05, 4.69) is 43.1 Å². The molecule has 0 aliphatic heterocycles. The van der Waals surface area contributed by atoms with Crippen LogP contribution in [0.5, 0.6) is 0 Å². The average Bonchev–Trinajstić information content (AvgIpc) is 2.68. The normalized spacial score (nSPS) is 19.4. The molecule has 1 aliphatic carbocycles. The summed E-state index contributed by atoms with van der Waals surface area (Å²) in [5.41, 5.74) is 9.00. The van der Waals surface area contributed by atoms with Crippen molar-refractivity contribution in [2.45, 2.75) is 57.5 Å². The van der Waals surface area contributed by atoms with Crippen molar-refractivity contribution < 1.29 is 0 Å². The summed E-state index contributed by atoms with van der Waals surface area (Å²) in [6, 6.07) is 9.36. The van der Waals surface area contributed by atoms with Gasteiger partial charge < -0.3 is 10.6 Å². The highest BCUT2D eigenvalue weighted by Crippen LogP contribution is 2.23. The van der Waals surface area contributed by atoms with Gasteiger partial charge in [0.1, 0.15) is 0 Å². The molecule has 2 heteroatoms. The Morgan fingerprint density at radius 1 is 1.16 bits per heavy atom. The molecule has 0 saturated heterocycles. The number of rotatable bonds is 4. The molecule has 1 saturated carbocycles. The quantitative estimate of drug-likeness (QED) is 0.837. The molecule has 1 aromatic rings. The molecule has 0 bridgehead atoms. The molecule has 1 atom stereocenters. The summed E-state index contributed by atoms with van der Waals surface area (Å²) in [7, 11) is 2.24. The Kier molecular flexibility index (Phi) is 5.41. The van der Waals surface area contributed by atoms with E-state index < -0.39 is 0 Å². The predicted molar refractivity (Wildman–Crippen MR) is 82.2 cm³/mol. The van der Waals surface area contributed by atoms with Crippen molar-refractivity contribution in [3.63, 3.8) is 0 Å². The summed E-state index contributed by atoms with van der Waals surface area (Å²) in [5, 5.41) is 0. The van der Waals surface area contributed by atoms with E-state index in [1.807, 2.05) is 0 Å². The molecule has 1 fully saturated rings. The van der Waals surface area contributed by atoms with E-state index in [1.165, 1.54) is 49.7 Å². The zero-order valence-electron chi connectivity index (χ0n) is 12.4. The molecule has 0 heterocycles. The van der Waals surface area contributed by atoms with Crippen molar-refractivity contribution in [3.8, 4) is 0 Å². The Balaban J connectivity index is 1.94. The van der Waals surface area contributed by atoms with Crippen LogP contribution in [-0.4, -0.2) is 24.5 Å². The monoisotopic (exact) mass is 260 g/mol. The molecule has 0 aromatic heterocycles. The van der Waals surface area contributed by atoms with Crippen molar-refractivity contribution in [1.82, 2.24) is 4.90 Å². The minimum Gasteiger partial charge on any atom is -0.323 e. The maximum absolute atomic E-state index is 6.40. The SMILES string of the molecule is Cc1ccccc1C(N)CN(C)C1CCCCCC1. The highest BCUT2D eigenvalue weighted by Gasteiger charge is 2.19. The fourth-order valence-electron chi connectivity index (χ4n) is 3.26. The number of likely N-dealkylation sites (N-methyl/N-ethyl adjacent to an activating group) is 1. The van der Waals surface area contributed by atoms with E-state index in [1.54, 1.807) is 0 Å². The van der Waals surface area contributed by atoms with Gasteiger partial charge in [-0.25, -0.2) is 0 Å². The van der Waals surface area contributed by atoms with Crippen molar-refractivity contribution in [2.75, 3.05) is 13.6 Å². The maximum Gasteiger partial charge on any atom is 0.0426 e. The van der Waals surface area contributed by atoms with Crippen molar-refractivity contribution in [3.05, 3.63) is 35.4 Å². The summed E-state index contributed by atoms with van der Waals surface area (Å²) in [6.45, 7) is 3.12. The topological polar surface area (TPSA) is 29.3 Å². The van der Waals surface area contributed by atoms with E-state index >= 15 is 0 Å². The van der Waals surface area contributed by atoms with Gasteiger partial charge in [0.05, 0.1) is 0 Å². The lowest BCUT2D eigenvalue weighted by molar-refractivity contribution is 0.209. The van der Waals surface area contributed by atoms with Gasteiger partial charge in [0.25, 0.3) is 0 Å². The first-order chi connectivity index (χ1) is 9.18. The highest BCUT2D eigenvalue weighted by atomic mass is 15.1. The first kappa shape index (κ1) is 14.5. The fraction of sp³-hybridized carbons (Fsp3) is 0.647. The number of hydrogen-bond acceptors (Lipinski definition) is 2. The van der Waals surface area contributed by atoms with Gasteiger partial charge in [0.2, 0.25) is 0 Å². The Morgan fingerprint density at radius 3 is 2.42 bits per heavy atom. The molecule has 1 aliphatic rings. The molecule has 0 spiro atoms.